The molecule has 1 N–H and O–H groups in total. The van der Waals surface area contributed by atoms with Crippen LogP contribution < -0.4 is 5.32 Å². The smallest absolute Gasteiger partial charge is 0.226 e. The van der Waals surface area contributed by atoms with Crippen LogP contribution in [0.15, 0.2) is 24.3 Å². The van der Waals surface area contributed by atoms with Gasteiger partial charge in [0, 0.05) is 12.8 Å². The van der Waals surface area contributed by atoms with Crippen molar-refractivity contribution in [3.05, 3.63) is 35.6 Å². The number of carbonyl (C=O) groups is 2. The van der Waals surface area contributed by atoms with Gasteiger partial charge >= 0.3 is 0 Å². The zero-order valence-electron chi connectivity index (χ0n) is 8.70. The second-order valence-corrected chi connectivity index (χ2v) is 4.08. The number of nitrogens with one attached hydrogen (secondary N) is 1. The van der Waals surface area contributed by atoms with E-state index in [0.717, 1.165) is 5.56 Å². The van der Waals surface area contributed by atoms with Crippen LogP contribution >= 0.6 is 0 Å². The van der Waals surface area contributed by atoms with E-state index in [1.807, 2.05) is 0 Å². The van der Waals surface area contributed by atoms with Gasteiger partial charge in [0.25, 0.3) is 0 Å². The number of carbonyl (C=O) groups excluding carboxylic acids is 2. The Hall–Kier alpha value is -1.71. The molecule has 0 atom stereocenters. The lowest BCUT2D eigenvalue weighted by Crippen LogP contribution is -2.39. The summed E-state index contributed by atoms with van der Waals surface area (Å²) in [5, 5.41) is 2.27. The quantitative estimate of drug-likeness (QED) is 0.768. The summed E-state index contributed by atoms with van der Waals surface area (Å²) >= 11 is 0. The van der Waals surface area contributed by atoms with Crippen molar-refractivity contribution < 1.29 is 14.0 Å². The van der Waals surface area contributed by atoms with Crippen molar-refractivity contribution in [3.8, 4) is 0 Å². The zero-order valence-corrected chi connectivity index (χ0v) is 8.70. The molecule has 2 amide bonds. The zero-order chi connectivity index (χ0) is 11.5. The molecule has 0 aromatic heterocycles. The van der Waals surface area contributed by atoms with Crippen LogP contribution in [0.3, 0.4) is 0 Å². The highest BCUT2D eigenvalue weighted by Gasteiger charge is 2.24. The van der Waals surface area contributed by atoms with Crippen molar-refractivity contribution in [1.29, 1.82) is 0 Å². The van der Waals surface area contributed by atoms with E-state index >= 15 is 0 Å². The van der Waals surface area contributed by atoms with E-state index in [9.17, 15) is 14.0 Å². The first kappa shape index (κ1) is 10.8. The molecular formula is C12H12FNO2. The Bertz CT molecular complexity index is 398. The molecule has 0 saturated carbocycles. The maximum Gasteiger partial charge on any atom is 0.226 e. The number of hydrogen-bond donors (Lipinski definition) is 1. The minimum atomic E-state index is -0.277. The van der Waals surface area contributed by atoms with E-state index in [-0.39, 0.29) is 23.5 Å². The van der Waals surface area contributed by atoms with Gasteiger partial charge in [-0.2, -0.15) is 0 Å². The van der Waals surface area contributed by atoms with Crippen molar-refractivity contribution in [1.82, 2.24) is 5.32 Å². The van der Waals surface area contributed by atoms with Crippen molar-refractivity contribution in [2.24, 2.45) is 5.92 Å². The first-order valence-electron chi connectivity index (χ1n) is 5.20. The van der Waals surface area contributed by atoms with Gasteiger partial charge in [0.1, 0.15) is 5.82 Å². The molecule has 4 heteroatoms. The molecule has 0 spiro atoms. The summed E-state index contributed by atoms with van der Waals surface area (Å²) in [6.45, 7) is 0. The monoisotopic (exact) mass is 221 g/mol. The highest BCUT2D eigenvalue weighted by atomic mass is 19.1. The van der Waals surface area contributed by atoms with E-state index in [0.29, 0.717) is 19.3 Å². The van der Waals surface area contributed by atoms with Gasteiger partial charge in [-0.15, -0.1) is 0 Å². The Morgan fingerprint density at radius 1 is 1.12 bits per heavy atom. The van der Waals surface area contributed by atoms with E-state index < -0.39 is 0 Å². The molecule has 1 aromatic carbocycles. The topological polar surface area (TPSA) is 46.2 Å². The minimum Gasteiger partial charge on any atom is -0.296 e. The molecule has 1 saturated heterocycles. The van der Waals surface area contributed by atoms with Crippen LogP contribution in [0.4, 0.5) is 4.39 Å². The average molecular weight is 221 g/mol. The number of benzene rings is 1. The van der Waals surface area contributed by atoms with Gasteiger partial charge < -0.3 is 0 Å². The molecule has 0 unspecified atom stereocenters. The van der Waals surface area contributed by atoms with Gasteiger partial charge in [0.15, 0.2) is 0 Å². The predicted octanol–water partition coefficient (Wildman–Crippen LogP) is 1.42. The molecule has 84 valence electrons. The maximum atomic E-state index is 12.7. The van der Waals surface area contributed by atoms with Gasteiger partial charge in [-0.05, 0) is 30.0 Å². The first-order chi connectivity index (χ1) is 7.63. The molecule has 0 aliphatic carbocycles. The highest BCUT2D eigenvalue weighted by Crippen LogP contribution is 2.19. The van der Waals surface area contributed by atoms with Crippen molar-refractivity contribution in [2.45, 2.75) is 19.3 Å². The molecule has 1 aliphatic heterocycles. The van der Waals surface area contributed by atoms with Crippen LogP contribution in [-0.4, -0.2) is 11.8 Å². The van der Waals surface area contributed by atoms with Crippen LogP contribution in [0.25, 0.3) is 0 Å². The van der Waals surface area contributed by atoms with Crippen LogP contribution in [-0.2, 0) is 16.0 Å². The number of hydrogen-bond acceptors (Lipinski definition) is 2. The van der Waals surface area contributed by atoms with Crippen molar-refractivity contribution in [3.63, 3.8) is 0 Å². The summed E-state index contributed by atoms with van der Waals surface area (Å²) in [7, 11) is 0. The second-order valence-electron chi connectivity index (χ2n) is 4.08. The van der Waals surface area contributed by atoms with Gasteiger partial charge in [-0.25, -0.2) is 4.39 Å². The lowest BCUT2D eigenvalue weighted by atomic mass is 9.90. The lowest BCUT2D eigenvalue weighted by Gasteiger charge is -2.20. The summed E-state index contributed by atoms with van der Waals surface area (Å²) in [6, 6.07) is 6.15. The summed E-state index contributed by atoms with van der Waals surface area (Å²) in [6.07, 6.45) is 1.37. The number of imide groups is 1. The van der Waals surface area contributed by atoms with Gasteiger partial charge in [0.05, 0.1) is 0 Å². The Morgan fingerprint density at radius 2 is 1.69 bits per heavy atom. The number of piperidine rings is 1. The van der Waals surface area contributed by atoms with Crippen LogP contribution in [0, 0.1) is 11.7 Å². The summed E-state index contributed by atoms with van der Waals surface area (Å²) in [4.78, 5) is 22.3. The molecule has 0 bridgehead atoms. The molecule has 1 aliphatic rings. The minimum absolute atomic E-state index is 0.0340. The fourth-order valence-corrected chi connectivity index (χ4v) is 1.95. The third-order valence-electron chi connectivity index (χ3n) is 2.66. The summed E-state index contributed by atoms with van der Waals surface area (Å²) < 4.78 is 12.7. The normalized spacial score (nSPS) is 17.3. The van der Waals surface area contributed by atoms with Crippen LogP contribution in [0.5, 0.6) is 0 Å². The van der Waals surface area contributed by atoms with Crippen molar-refractivity contribution in [2.75, 3.05) is 0 Å². The third-order valence-corrected chi connectivity index (χ3v) is 2.66. The predicted molar refractivity (Wildman–Crippen MR) is 56.0 cm³/mol. The number of rotatable bonds is 2. The summed E-state index contributed by atoms with van der Waals surface area (Å²) in [5.41, 5.74) is 0.953. The first-order valence-corrected chi connectivity index (χ1v) is 5.20. The fraction of sp³-hybridized carbons (Fsp3) is 0.333. The van der Waals surface area contributed by atoms with Crippen LogP contribution in [0.1, 0.15) is 18.4 Å². The standard InChI is InChI=1S/C12H12FNO2/c13-10-3-1-8(2-4-10)5-9-6-11(15)14-12(16)7-9/h1-4,9H,5-7H2,(H,14,15,16). The number of amides is 2. The van der Waals surface area contributed by atoms with Crippen LogP contribution in [0.2, 0.25) is 0 Å². The van der Waals surface area contributed by atoms with Gasteiger partial charge in [-0.3, -0.25) is 14.9 Å². The Morgan fingerprint density at radius 3 is 2.25 bits per heavy atom. The van der Waals surface area contributed by atoms with E-state index in [2.05, 4.69) is 5.32 Å². The maximum absolute atomic E-state index is 12.7. The Labute approximate surface area is 92.7 Å². The third kappa shape index (κ3) is 2.66. The molecule has 1 aromatic rings. The Balaban J connectivity index is 2.01. The van der Waals surface area contributed by atoms with E-state index in [4.69, 9.17) is 0 Å². The largest absolute Gasteiger partial charge is 0.296 e. The molecule has 2 rings (SSSR count). The number of halogens is 1. The highest BCUT2D eigenvalue weighted by molar-refractivity contribution is 5.97. The SMILES string of the molecule is O=C1CC(Cc2ccc(F)cc2)CC(=O)N1. The molecule has 0 radical (unpaired) electrons. The fourth-order valence-electron chi connectivity index (χ4n) is 1.95. The van der Waals surface area contributed by atoms with E-state index in [1.54, 1.807) is 12.1 Å². The summed E-state index contributed by atoms with van der Waals surface area (Å²) in [5.74, 6) is -0.681. The average Bonchev–Trinajstić information content (AvgIpc) is 2.20. The molecule has 16 heavy (non-hydrogen) atoms. The lowest BCUT2D eigenvalue weighted by molar-refractivity contribution is -0.134. The second kappa shape index (κ2) is 4.43. The molecule has 3 nitrogen and oxygen atoms in total. The van der Waals surface area contributed by atoms with Crippen molar-refractivity contribution >= 4 is 11.8 Å². The molecule has 1 heterocycles. The molecule has 1 fully saturated rings. The Kier molecular flexibility index (Phi) is 2.99. The molecular weight excluding hydrogens is 209 g/mol. The van der Waals surface area contributed by atoms with Gasteiger partial charge in [-0.1, -0.05) is 12.1 Å². The van der Waals surface area contributed by atoms with E-state index in [1.165, 1.54) is 12.1 Å². The van der Waals surface area contributed by atoms with Gasteiger partial charge in [0.2, 0.25) is 11.8 Å².